The van der Waals surface area contributed by atoms with Gasteiger partial charge < -0.3 is 5.32 Å². The van der Waals surface area contributed by atoms with Gasteiger partial charge in [-0.3, -0.25) is 14.5 Å². The van der Waals surface area contributed by atoms with Gasteiger partial charge in [0, 0.05) is 47.5 Å². The predicted octanol–water partition coefficient (Wildman–Crippen LogP) is 5.41. The van der Waals surface area contributed by atoms with Gasteiger partial charge >= 0.3 is 0 Å². The molecule has 1 atom stereocenters. The largest absolute Gasteiger partial charge is 0.307 e. The first-order valence-corrected chi connectivity index (χ1v) is 11.4. The number of halogens is 1. The number of carbonyl (C=O) groups excluding carboxylic acids is 1. The van der Waals surface area contributed by atoms with Crippen LogP contribution in [-0.2, 0) is 17.8 Å². The summed E-state index contributed by atoms with van der Waals surface area (Å²) in [5, 5.41) is 8.08. The Balaban J connectivity index is 1.35. The third kappa shape index (κ3) is 4.07. The Hall–Kier alpha value is -2.99. The Kier molecular flexibility index (Phi) is 5.33. The van der Waals surface area contributed by atoms with Gasteiger partial charge in [0.05, 0.1) is 11.2 Å². The highest BCUT2D eigenvalue weighted by Crippen LogP contribution is 2.39. The highest BCUT2D eigenvalue weighted by molar-refractivity contribution is 6.33. The molecule has 1 N–H and O–H groups in total. The number of fused-ring (bicyclic) bond motifs is 1. The molecular formula is C25H26ClN5O. The molecule has 0 saturated carbocycles. The molecule has 1 aliphatic heterocycles. The highest BCUT2D eigenvalue weighted by atomic mass is 35.5. The van der Waals surface area contributed by atoms with Gasteiger partial charge in [-0.05, 0) is 60.8 Å². The minimum Gasteiger partial charge on any atom is -0.307 e. The van der Waals surface area contributed by atoms with E-state index in [0.717, 1.165) is 42.5 Å². The summed E-state index contributed by atoms with van der Waals surface area (Å²) in [5.41, 5.74) is 5.23. The normalized spacial score (nSPS) is 19.3. The van der Waals surface area contributed by atoms with E-state index >= 15 is 0 Å². The van der Waals surface area contributed by atoms with E-state index in [0.29, 0.717) is 23.2 Å². The number of allylic oxidation sites excluding steroid dienone is 1. The average Bonchev–Trinajstić information content (AvgIpc) is 3.30. The van der Waals surface area contributed by atoms with Crippen LogP contribution in [0.1, 0.15) is 50.3 Å². The van der Waals surface area contributed by atoms with Gasteiger partial charge in [0.1, 0.15) is 5.82 Å². The van der Waals surface area contributed by atoms with E-state index in [9.17, 15) is 4.79 Å². The Bertz CT molecular complexity index is 1200. The molecule has 0 unspecified atom stereocenters. The van der Waals surface area contributed by atoms with Gasteiger partial charge in [0.2, 0.25) is 0 Å². The molecule has 5 rings (SSSR count). The van der Waals surface area contributed by atoms with Crippen molar-refractivity contribution in [3.63, 3.8) is 0 Å². The van der Waals surface area contributed by atoms with Crippen molar-refractivity contribution in [2.75, 3.05) is 5.32 Å². The molecule has 32 heavy (non-hydrogen) atoms. The van der Waals surface area contributed by atoms with Gasteiger partial charge in [-0.1, -0.05) is 31.5 Å². The molecule has 1 aliphatic carbocycles. The summed E-state index contributed by atoms with van der Waals surface area (Å²) in [4.78, 5) is 21.5. The molecule has 3 aromatic rings. The van der Waals surface area contributed by atoms with Crippen LogP contribution < -0.4 is 5.32 Å². The molecule has 6 nitrogen and oxygen atoms in total. The van der Waals surface area contributed by atoms with Gasteiger partial charge in [-0.15, -0.1) is 0 Å². The van der Waals surface area contributed by atoms with E-state index < -0.39 is 0 Å². The van der Waals surface area contributed by atoms with Crippen LogP contribution in [0.2, 0.25) is 5.02 Å². The van der Waals surface area contributed by atoms with E-state index in [1.807, 2.05) is 30.5 Å². The fourth-order valence-corrected chi connectivity index (χ4v) is 5.00. The number of nitrogens with one attached hydrogen (secondary N) is 1. The quantitative estimate of drug-likeness (QED) is 0.580. The number of nitrogens with zero attached hydrogens (tertiary/aromatic N) is 4. The van der Waals surface area contributed by atoms with Crippen molar-refractivity contribution in [1.29, 1.82) is 0 Å². The summed E-state index contributed by atoms with van der Waals surface area (Å²) < 4.78 is 2.05. The first-order chi connectivity index (χ1) is 15.4. The lowest BCUT2D eigenvalue weighted by atomic mass is 9.84. The summed E-state index contributed by atoms with van der Waals surface area (Å²) >= 11 is 6.50. The van der Waals surface area contributed by atoms with E-state index in [1.165, 1.54) is 11.3 Å². The van der Waals surface area contributed by atoms with E-state index in [2.05, 4.69) is 38.9 Å². The second kappa shape index (κ2) is 8.17. The smallest absolute Gasteiger partial charge is 0.252 e. The lowest BCUT2D eigenvalue weighted by Gasteiger charge is -2.22. The zero-order valence-corrected chi connectivity index (χ0v) is 19.1. The summed E-state index contributed by atoms with van der Waals surface area (Å²) in [6, 6.07) is 5.92. The van der Waals surface area contributed by atoms with Crippen LogP contribution in [-0.4, -0.2) is 25.7 Å². The maximum absolute atomic E-state index is 13.0. The van der Waals surface area contributed by atoms with Gasteiger partial charge in [-0.2, -0.15) is 5.10 Å². The third-order valence-corrected chi connectivity index (χ3v) is 6.70. The Morgan fingerprint density at radius 2 is 2.03 bits per heavy atom. The van der Waals surface area contributed by atoms with Crippen LogP contribution in [0, 0.1) is 5.41 Å². The monoisotopic (exact) mass is 447 g/mol. The average molecular weight is 448 g/mol. The van der Waals surface area contributed by atoms with E-state index in [4.69, 9.17) is 11.6 Å². The maximum Gasteiger partial charge on any atom is 0.252 e. The Morgan fingerprint density at radius 3 is 2.84 bits per heavy atom. The Morgan fingerprint density at radius 1 is 1.22 bits per heavy atom. The van der Waals surface area contributed by atoms with Crippen molar-refractivity contribution in [3.05, 3.63) is 70.9 Å². The predicted molar refractivity (Wildman–Crippen MR) is 125 cm³/mol. The lowest BCUT2D eigenvalue weighted by Crippen LogP contribution is -2.19. The zero-order chi connectivity index (χ0) is 22.3. The molecule has 0 saturated heterocycles. The fourth-order valence-electron chi connectivity index (χ4n) is 4.80. The summed E-state index contributed by atoms with van der Waals surface area (Å²) in [6.07, 6.45) is 12.7. The van der Waals surface area contributed by atoms with Crippen LogP contribution >= 0.6 is 11.6 Å². The summed E-state index contributed by atoms with van der Waals surface area (Å²) in [7, 11) is 0. The first kappa shape index (κ1) is 20.9. The zero-order valence-electron chi connectivity index (χ0n) is 18.3. The van der Waals surface area contributed by atoms with Crippen molar-refractivity contribution >= 4 is 23.3 Å². The molecule has 0 bridgehead atoms. The van der Waals surface area contributed by atoms with Crippen molar-refractivity contribution in [1.82, 2.24) is 19.7 Å². The third-order valence-electron chi connectivity index (χ3n) is 6.40. The van der Waals surface area contributed by atoms with Crippen molar-refractivity contribution in [3.8, 4) is 11.1 Å². The second-order valence-electron chi connectivity index (χ2n) is 9.50. The van der Waals surface area contributed by atoms with E-state index in [-0.39, 0.29) is 11.3 Å². The van der Waals surface area contributed by atoms with Crippen LogP contribution in [0.5, 0.6) is 0 Å². The molecule has 0 radical (unpaired) electrons. The Labute approximate surface area is 192 Å². The van der Waals surface area contributed by atoms with Crippen molar-refractivity contribution < 1.29 is 4.79 Å². The molecule has 0 fully saturated rings. The molecule has 3 aromatic heterocycles. The van der Waals surface area contributed by atoms with Crippen molar-refractivity contribution in [2.45, 2.75) is 52.0 Å². The van der Waals surface area contributed by atoms with Crippen LogP contribution in [0.4, 0.5) is 5.82 Å². The minimum atomic E-state index is -0.106. The first-order valence-electron chi connectivity index (χ1n) is 11.0. The van der Waals surface area contributed by atoms with Crippen molar-refractivity contribution in [2.24, 2.45) is 5.41 Å². The molecule has 0 aromatic carbocycles. The number of pyridine rings is 2. The number of aromatic nitrogens is 4. The van der Waals surface area contributed by atoms with Crippen LogP contribution in [0.3, 0.4) is 0 Å². The highest BCUT2D eigenvalue weighted by Gasteiger charge is 2.32. The number of rotatable bonds is 4. The lowest BCUT2D eigenvalue weighted by molar-refractivity contribution is -0.113. The molecule has 0 spiro atoms. The SMILES string of the molecule is CC1(C)Cc2c(-c3cc(NC(=O)C4=CCC[C@H](c5ccncc5)C4)ncc3Cl)cnn2C1. The maximum atomic E-state index is 13.0. The summed E-state index contributed by atoms with van der Waals surface area (Å²) in [6.45, 7) is 5.37. The number of hydrogen-bond donors (Lipinski definition) is 1. The van der Waals surface area contributed by atoms with Gasteiger partial charge in [0.15, 0.2) is 0 Å². The second-order valence-corrected chi connectivity index (χ2v) is 9.90. The number of anilines is 1. The molecule has 2 aliphatic rings. The van der Waals surface area contributed by atoms with Gasteiger partial charge in [-0.25, -0.2) is 4.98 Å². The topological polar surface area (TPSA) is 72.7 Å². The molecule has 164 valence electrons. The number of carbonyl (C=O) groups is 1. The molecule has 1 amide bonds. The van der Waals surface area contributed by atoms with Gasteiger partial charge in [0.25, 0.3) is 5.91 Å². The molecular weight excluding hydrogens is 422 g/mol. The van der Waals surface area contributed by atoms with Crippen LogP contribution in [0.15, 0.2) is 54.6 Å². The summed E-state index contributed by atoms with van der Waals surface area (Å²) in [5.74, 6) is 0.722. The fraction of sp³-hybridized carbons (Fsp3) is 0.360. The number of amides is 1. The van der Waals surface area contributed by atoms with E-state index in [1.54, 1.807) is 18.6 Å². The van der Waals surface area contributed by atoms with Crippen LogP contribution in [0.25, 0.3) is 11.1 Å². The minimum absolute atomic E-state index is 0.106. The standard InChI is InChI=1S/C25H26ClN5O/c1-25(2)12-22-20(13-29-31(22)15-25)19-11-23(28-14-21(19)26)30-24(32)18-5-3-4-17(10-18)16-6-8-27-9-7-16/h5-9,11,13-14,17H,3-4,10,12,15H2,1-2H3,(H,28,30,32)/t17-/m0/s1. The molecule has 4 heterocycles. The number of hydrogen-bond acceptors (Lipinski definition) is 4. The molecule has 7 heteroatoms.